The third-order valence-corrected chi connectivity index (χ3v) is 3.43. The Morgan fingerprint density at radius 1 is 1.71 bits per heavy atom. The molecule has 0 saturated carbocycles. The van der Waals surface area contributed by atoms with Crippen molar-refractivity contribution in [1.82, 2.24) is 10.2 Å². The van der Waals surface area contributed by atoms with Crippen molar-refractivity contribution in [3.63, 3.8) is 0 Å². The molecule has 1 aromatic heterocycles. The van der Waals surface area contributed by atoms with Gasteiger partial charge in [-0.25, -0.2) is 0 Å². The number of H-pyrrole nitrogens is 1. The second-order valence-corrected chi connectivity index (χ2v) is 4.70. The smallest absolute Gasteiger partial charge is 0.229 e. The molecule has 0 radical (unpaired) electrons. The summed E-state index contributed by atoms with van der Waals surface area (Å²) in [7, 11) is 0. The molecule has 14 heavy (non-hydrogen) atoms. The van der Waals surface area contributed by atoms with Gasteiger partial charge in [-0.1, -0.05) is 0 Å². The number of amides is 1. The molecule has 1 fully saturated rings. The zero-order valence-electron chi connectivity index (χ0n) is 7.55. The number of aromatic nitrogens is 2. The summed E-state index contributed by atoms with van der Waals surface area (Å²) in [5, 5.41) is 6.77. The summed E-state index contributed by atoms with van der Waals surface area (Å²) in [4.78, 5) is 13.1. The van der Waals surface area contributed by atoms with E-state index in [0.717, 1.165) is 10.2 Å². The number of carbonyl (C=O) groups excluding carboxylic acids is 1. The van der Waals surface area contributed by atoms with Gasteiger partial charge >= 0.3 is 0 Å². The number of hydrogen-bond donors (Lipinski definition) is 1. The molecule has 2 rings (SSSR count). The topological polar surface area (TPSA) is 49.0 Å². The van der Waals surface area contributed by atoms with E-state index in [4.69, 9.17) is 11.6 Å². The number of halogens is 2. The number of nitrogens with zero attached hydrogens (tertiary/aromatic N) is 2. The molecule has 1 aliphatic heterocycles. The Hall–Kier alpha value is -0.550. The van der Waals surface area contributed by atoms with Gasteiger partial charge in [-0.3, -0.25) is 14.8 Å². The lowest BCUT2D eigenvalue weighted by molar-refractivity contribution is -0.117. The van der Waals surface area contributed by atoms with Crippen molar-refractivity contribution in [2.75, 3.05) is 11.4 Å². The van der Waals surface area contributed by atoms with Crippen LogP contribution >= 0.6 is 27.5 Å². The maximum Gasteiger partial charge on any atom is 0.229 e. The third kappa shape index (κ3) is 1.54. The van der Waals surface area contributed by atoms with E-state index in [2.05, 4.69) is 26.1 Å². The van der Waals surface area contributed by atoms with Crippen LogP contribution in [0.5, 0.6) is 0 Å². The molecule has 1 unspecified atom stereocenters. The lowest BCUT2D eigenvalue weighted by Crippen LogP contribution is -2.25. The predicted octanol–water partition coefficient (Wildman–Crippen LogP) is 1.82. The van der Waals surface area contributed by atoms with Crippen molar-refractivity contribution in [2.24, 2.45) is 0 Å². The van der Waals surface area contributed by atoms with Gasteiger partial charge in [-0.15, -0.1) is 11.6 Å². The highest BCUT2D eigenvalue weighted by molar-refractivity contribution is 9.10. The number of carbonyl (C=O) groups is 1. The molecule has 0 aliphatic carbocycles. The Morgan fingerprint density at radius 3 is 2.86 bits per heavy atom. The number of hydrogen-bond acceptors (Lipinski definition) is 2. The van der Waals surface area contributed by atoms with Crippen molar-refractivity contribution in [2.45, 2.75) is 18.7 Å². The van der Waals surface area contributed by atoms with E-state index in [-0.39, 0.29) is 11.3 Å². The number of aromatic amines is 1. The van der Waals surface area contributed by atoms with E-state index in [9.17, 15) is 4.79 Å². The summed E-state index contributed by atoms with van der Waals surface area (Å²) in [5.41, 5.74) is 0.908. The van der Waals surface area contributed by atoms with Crippen LogP contribution in [0, 0.1) is 6.92 Å². The highest BCUT2D eigenvalue weighted by atomic mass is 79.9. The summed E-state index contributed by atoms with van der Waals surface area (Å²) < 4.78 is 0.830. The molecule has 1 aliphatic rings. The van der Waals surface area contributed by atoms with Gasteiger partial charge in [0.1, 0.15) is 0 Å². The highest BCUT2D eigenvalue weighted by Gasteiger charge is 2.32. The lowest BCUT2D eigenvalue weighted by Gasteiger charge is -2.12. The highest BCUT2D eigenvalue weighted by Crippen LogP contribution is 2.30. The maximum absolute atomic E-state index is 11.5. The second kappa shape index (κ2) is 3.55. The summed E-state index contributed by atoms with van der Waals surface area (Å²) in [6.45, 7) is 2.42. The molecule has 1 saturated heterocycles. The number of alkyl halides is 1. The summed E-state index contributed by atoms with van der Waals surface area (Å²) >= 11 is 9.27. The van der Waals surface area contributed by atoms with E-state index < -0.39 is 0 Å². The monoisotopic (exact) mass is 277 g/mol. The van der Waals surface area contributed by atoms with Crippen LogP contribution in [0.15, 0.2) is 4.47 Å². The Bertz CT molecular complexity index is 379. The largest absolute Gasteiger partial charge is 0.293 e. The SMILES string of the molecule is Cc1[nH]nc(N2CC(Cl)CC2=O)c1Br. The molecule has 1 amide bonds. The Labute approximate surface area is 94.7 Å². The van der Waals surface area contributed by atoms with Gasteiger partial charge in [0.05, 0.1) is 9.85 Å². The van der Waals surface area contributed by atoms with Crippen LogP contribution in [0.2, 0.25) is 0 Å². The first-order valence-corrected chi connectivity index (χ1v) is 5.47. The summed E-state index contributed by atoms with van der Waals surface area (Å²) in [6, 6.07) is 0. The van der Waals surface area contributed by atoms with E-state index in [1.54, 1.807) is 4.90 Å². The minimum Gasteiger partial charge on any atom is -0.293 e. The number of rotatable bonds is 1. The van der Waals surface area contributed by atoms with E-state index in [0.29, 0.717) is 18.8 Å². The molecule has 0 spiro atoms. The molecule has 1 N–H and O–H groups in total. The van der Waals surface area contributed by atoms with Gasteiger partial charge in [-0.2, -0.15) is 5.10 Å². The quantitative estimate of drug-likeness (QED) is 0.797. The van der Waals surface area contributed by atoms with Crippen molar-refractivity contribution in [1.29, 1.82) is 0 Å². The molecular weight excluding hydrogens is 269 g/mol. The number of nitrogens with one attached hydrogen (secondary N) is 1. The first kappa shape index (κ1) is 9.98. The zero-order chi connectivity index (χ0) is 10.3. The lowest BCUT2D eigenvalue weighted by atomic mass is 10.4. The molecule has 1 atom stereocenters. The summed E-state index contributed by atoms with van der Waals surface area (Å²) in [6.07, 6.45) is 0.389. The van der Waals surface area contributed by atoms with Crippen molar-refractivity contribution in [3.05, 3.63) is 10.2 Å². The first-order valence-electron chi connectivity index (χ1n) is 4.24. The van der Waals surface area contributed by atoms with Crippen LogP contribution in [0.1, 0.15) is 12.1 Å². The number of anilines is 1. The molecule has 2 heterocycles. The van der Waals surface area contributed by atoms with Crippen molar-refractivity contribution in [3.8, 4) is 0 Å². The standard InChI is InChI=1S/C8H9BrClN3O/c1-4-7(9)8(12-11-4)13-3-5(10)2-6(13)14/h5H,2-3H2,1H3,(H,11,12). The van der Waals surface area contributed by atoms with Crippen LogP contribution in [0.3, 0.4) is 0 Å². The second-order valence-electron chi connectivity index (χ2n) is 3.29. The van der Waals surface area contributed by atoms with Crippen molar-refractivity contribution >= 4 is 39.3 Å². The number of aryl methyl sites for hydroxylation is 1. The Morgan fingerprint density at radius 2 is 2.43 bits per heavy atom. The average Bonchev–Trinajstić information content (AvgIpc) is 2.59. The summed E-state index contributed by atoms with van der Waals surface area (Å²) in [5.74, 6) is 0.660. The van der Waals surface area contributed by atoms with Crippen LogP contribution < -0.4 is 4.90 Å². The fourth-order valence-electron chi connectivity index (χ4n) is 1.45. The Kier molecular flexibility index (Phi) is 2.53. The molecule has 0 aromatic carbocycles. The van der Waals surface area contributed by atoms with Crippen LogP contribution in [0.25, 0.3) is 0 Å². The zero-order valence-corrected chi connectivity index (χ0v) is 9.89. The average molecular weight is 279 g/mol. The molecule has 0 bridgehead atoms. The first-order chi connectivity index (χ1) is 6.59. The van der Waals surface area contributed by atoms with E-state index in [1.165, 1.54) is 0 Å². The maximum atomic E-state index is 11.5. The van der Waals surface area contributed by atoms with Gasteiger partial charge in [0.2, 0.25) is 5.91 Å². The fraction of sp³-hybridized carbons (Fsp3) is 0.500. The molecule has 4 nitrogen and oxygen atoms in total. The van der Waals surface area contributed by atoms with Gasteiger partial charge in [0.25, 0.3) is 0 Å². The van der Waals surface area contributed by atoms with Gasteiger partial charge in [-0.05, 0) is 22.9 Å². The molecule has 1 aromatic rings. The van der Waals surface area contributed by atoms with Gasteiger partial charge < -0.3 is 0 Å². The normalized spacial score (nSPS) is 22.1. The minimum absolute atomic E-state index is 0.0252. The van der Waals surface area contributed by atoms with E-state index in [1.807, 2.05) is 6.92 Å². The molecule has 6 heteroatoms. The van der Waals surface area contributed by atoms with E-state index >= 15 is 0 Å². The van der Waals surface area contributed by atoms with Crippen LogP contribution in [-0.4, -0.2) is 28.0 Å². The van der Waals surface area contributed by atoms with Crippen LogP contribution in [0.4, 0.5) is 5.82 Å². The van der Waals surface area contributed by atoms with Crippen LogP contribution in [-0.2, 0) is 4.79 Å². The fourth-order valence-corrected chi connectivity index (χ4v) is 2.11. The molecule has 76 valence electrons. The minimum atomic E-state index is -0.105. The van der Waals surface area contributed by atoms with Gasteiger partial charge in [0, 0.05) is 18.7 Å². The predicted molar refractivity (Wildman–Crippen MR) is 57.6 cm³/mol. The Balaban J connectivity index is 2.32. The van der Waals surface area contributed by atoms with Crippen molar-refractivity contribution < 1.29 is 4.79 Å². The molecular formula is C8H9BrClN3O. The third-order valence-electron chi connectivity index (χ3n) is 2.19. The van der Waals surface area contributed by atoms with Gasteiger partial charge in [0.15, 0.2) is 5.82 Å².